The third-order valence-corrected chi connectivity index (χ3v) is 4.63. The standard InChI is InChI=1S/C19H30N2O2.ClH/c1-15-4-6-18(7-5-15)23-13-3-10-21-19(22)14-16(2)17-8-11-20-12-9-17;/h4-7,16-17,20H,3,8-14H2,1-2H3,(H,21,22);1H. The normalized spacial score (nSPS) is 16.1. The molecule has 4 nitrogen and oxygen atoms in total. The largest absolute Gasteiger partial charge is 0.494 e. The summed E-state index contributed by atoms with van der Waals surface area (Å²) < 4.78 is 5.66. The minimum atomic E-state index is 0. The molecular formula is C19H31ClN2O2. The van der Waals surface area contributed by atoms with Gasteiger partial charge >= 0.3 is 0 Å². The lowest BCUT2D eigenvalue weighted by Gasteiger charge is -2.27. The van der Waals surface area contributed by atoms with E-state index in [1.165, 1.54) is 18.4 Å². The summed E-state index contributed by atoms with van der Waals surface area (Å²) >= 11 is 0. The van der Waals surface area contributed by atoms with Gasteiger partial charge in [0.2, 0.25) is 5.91 Å². The molecule has 1 fully saturated rings. The average molecular weight is 355 g/mol. The van der Waals surface area contributed by atoms with Crippen molar-refractivity contribution in [3.05, 3.63) is 29.8 Å². The van der Waals surface area contributed by atoms with Crippen LogP contribution in [-0.4, -0.2) is 32.1 Å². The second-order valence-electron chi connectivity index (χ2n) is 6.63. The fraction of sp³-hybridized carbons (Fsp3) is 0.632. The van der Waals surface area contributed by atoms with Crippen molar-refractivity contribution < 1.29 is 9.53 Å². The summed E-state index contributed by atoms with van der Waals surface area (Å²) in [6.45, 7) is 7.76. The van der Waals surface area contributed by atoms with E-state index in [4.69, 9.17) is 4.74 Å². The predicted octanol–water partition coefficient (Wildman–Crippen LogP) is 3.33. The number of aryl methyl sites for hydroxylation is 1. The van der Waals surface area contributed by atoms with Crippen molar-refractivity contribution in [3.8, 4) is 5.75 Å². The molecule has 0 radical (unpaired) electrons. The molecular weight excluding hydrogens is 324 g/mol. The van der Waals surface area contributed by atoms with Crippen LogP contribution in [0.15, 0.2) is 24.3 Å². The van der Waals surface area contributed by atoms with Crippen molar-refractivity contribution in [2.75, 3.05) is 26.2 Å². The minimum absolute atomic E-state index is 0. The Morgan fingerprint density at radius 1 is 1.29 bits per heavy atom. The lowest BCUT2D eigenvalue weighted by molar-refractivity contribution is -0.122. The van der Waals surface area contributed by atoms with Crippen LogP contribution in [0.2, 0.25) is 0 Å². The van der Waals surface area contributed by atoms with Crippen molar-refractivity contribution in [2.45, 2.75) is 39.5 Å². The molecule has 1 saturated heterocycles. The van der Waals surface area contributed by atoms with Gasteiger partial charge in [0.15, 0.2) is 0 Å². The lowest BCUT2D eigenvalue weighted by Crippen LogP contribution is -2.33. The second-order valence-corrected chi connectivity index (χ2v) is 6.63. The Kier molecular flexibility index (Phi) is 9.80. The Morgan fingerprint density at radius 3 is 2.62 bits per heavy atom. The van der Waals surface area contributed by atoms with Crippen molar-refractivity contribution in [2.24, 2.45) is 11.8 Å². The van der Waals surface area contributed by atoms with Crippen LogP contribution < -0.4 is 15.4 Å². The molecule has 2 N–H and O–H groups in total. The predicted molar refractivity (Wildman–Crippen MR) is 101 cm³/mol. The first-order valence-corrected chi connectivity index (χ1v) is 8.82. The fourth-order valence-electron chi connectivity index (χ4n) is 3.07. The SMILES string of the molecule is Cc1ccc(OCCCNC(=O)CC(C)C2CCNCC2)cc1.Cl. The van der Waals surface area contributed by atoms with Crippen LogP contribution in [-0.2, 0) is 4.79 Å². The maximum Gasteiger partial charge on any atom is 0.220 e. The van der Waals surface area contributed by atoms with Crippen LogP contribution in [0.4, 0.5) is 0 Å². The number of carbonyl (C=O) groups is 1. The van der Waals surface area contributed by atoms with Crippen molar-refractivity contribution >= 4 is 18.3 Å². The molecule has 0 aliphatic carbocycles. The minimum Gasteiger partial charge on any atom is -0.494 e. The zero-order chi connectivity index (χ0) is 16.5. The van der Waals surface area contributed by atoms with Crippen LogP contribution in [0, 0.1) is 18.8 Å². The fourth-order valence-corrected chi connectivity index (χ4v) is 3.07. The molecule has 1 aromatic carbocycles. The molecule has 136 valence electrons. The van der Waals surface area contributed by atoms with Crippen LogP contribution in [0.25, 0.3) is 0 Å². The molecule has 1 aliphatic rings. The summed E-state index contributed by atoms with van der Waals surface area (Å²) in [5.41, 5.74) is 1.23. The van der Waals surface area contributed by atoms with Gasteiger partial charge in [-0.25, -0.2) is 0 Å². The molecule has 1 heterocycles. The molecule has 1 amide bonds. The van der Waals surface area contributed by atoms with Gasteiger partial charge in [-0.3, -0.25) is 4.79 Å². The number of carbonyl (C=O) groups excluding carboxylic acids is 1. The van der Waals surface area contributed by atoms with Crippen LogP contribution in [0.3, 0.4) is 0 Å². The maximum absolute atomic E-state index is 12.0. The summed E-state index contributed by atoms with van der Waals surface area (Å²) in [5, 5.41) is 6.39. The van der Waals surface area contributed by atoms with Crippen LogP contribution in [0.5, 0.6) is 5.75 Å². The number of amides is 1. The molecule has 0 spiro atoms. The highest BCUT2D eigenvalue weighted by atomic mass is 35.5. The van der Waals surface area contributed by atoms with Crippen molar-refractivity contribution in [3.63, 3.8) is 0 Å². The van der Waals surface area contributed by atoms with E-state index in [2.05, 4.69) is 24.5 Å². The average Bonchev–Trinajstić information content (AvgIpc) is 2.57. The summed E-state index contributed by atoms with van der Waals surface area (Å²) in [7, 11) is 0. The molecule has 1 atom stereocenters. The van der Waals surface area contributed by atoms with Crippen LogP contribution >= 0.6 is 12.4 Å². The molecule has 5 heteroatoms. The zero-order valence-electron chi connectivity index (χ0n) is 14.8. The Hall–Kier alpha value is -1.26. The molecule has 0 bridgehead atoms. The topological polar surface area (TPSA) is 50.4 Å². The van der Waals surface area contributed by atoms with E-state index in [-0.39, 0.29) is 18.3 Å². The van der Waals surface area contributed by atoms with E-state index in [0.29, 0.717) is 31.4 Å². The van der Waals surface area contributed by atoms with Crippen molar-refractivity contribution in [1.82, 2.24) is 10.6 Å². The maximum atomic E-state index is 12.0. The molecule has 1 aromatic rings. The van der Waals surface area contributed by atoms with Gasteiger partial charge in [-0.2, -0.15) is 0 Å². The Balaban J connectivity index is 0.00000288. The number of benzene rings is 1. The summed E-state index contributed by atoms with van der Waals surface area (Å²) in [4.78, 5) is 12.0. The van der Waals surface area contributed by atoms with Gasteiger partial charge in [0.1, 0.15) is 5.75 Å². The Labute approximate surface area is 152 Å². The van der Waals surface area contributed by atoms with E-state index < -0.39 is 0 Å². The first-order valence-electron chi connectivity index (χ1n) is 8.82. The van der Waals surface area contributed by atoms with Gasteiger partial charge in [-0.15, -0.1) is 12.4 Å². The third-order valence-electron chi connectivity index (χ3n) is 4.63. The Morgan fingerprint density at radius 2 is 1.96 bits per heavy atom. The molecule has 24 heavy (non-hydrogen) atoms. The number of piperidine rings is 1. The quantitative estimate of drug-likeness (QED) is 0.704. The highest BCUT2D eigenvalue weighted by Crippen LogP contribution is 2.24. The summed E-state index contributed by atoms with van der Waals surface area (Å²) in [6, 6.07) is 8.04. The van der Waals surface area contributed by atoms with E-state index >= 15 is 0 Å². The Bertz CT molecular complexity index is 473. The van der Waals surface area contributed by atoms with E-state index in [1.807, 2.05) is 24.3 Å². The summed E-state index contributed by atoms with van der Waals surface area (Å²) in [5.74, 6) is 2.22. The van der Waals surface area contributed by atoms with Gasteiger partial charge in [0, 0.05) is 13.0 Å². The van der Waals surface area contributed by atoms with Gasteiger partial charge < -0.3 is 15.4 Å². The molecule has 2 rings (SSSR count). The van der Waals surface area contributed by atoms with Gasteiger partial charge in [-0.1, -0.05) is 24.6 Å². The molecule has 0 saturated carbocycles. The number of halogens is 1. The van der Waals surface area contributed by atoms with Gasteiger partial charge in [0.05, 0.1) is 6.61 Å². The number of hydrogen-bond acceptors (Lipinski definition) is 3. The number of nitrogens with one attached hydrogen (secondary N) is 2. The third kappa shape index (κ3) is 7.54. The van der Waals surface area contributed by atoms with Gasteiger partial charge in [-0.05, 0) is 63.2 Å². The smallest absolute Gasteiger partial charge is 0.220 e. The first kappa shape index (κ1) is 20.8. The zero-order valence-corrected chi connectivity index (χ0v) is 15.7. The summed E-state index contributed by atoms with van der Waals surface area (Å²) in [6.07, 6.45) is 3.86. The highest BCUT2D eigenvalue weighted by molar-refractivity contribution is 5.85. The first-order chi connectivity index (χ1) is 11.1. The number of ether oxygens (including phenoxy) is 1. The van der Waals surface area contributed by atoms with Crippen molar-refractivity contribution in [1.29, 1.82) is 0 Å². The van der Waals surface area contributed by atoms with E-state index in [9.17, 15) is 4.79 Å². The lowest BCUT2D eigenvalue weighted by atomic mass is 9.84. The molecule has 1 unspecified atom stereocenters. The molecule has 0 aromatic heterocycles. The van der Waals surface area contributed by atoms with E-state index in [1.54, 1.807) is 0 Å². The van der Waals surface area contributed by atoms with Crippen LogP contribution in [0.1, 0.15) is 38.2 Å². The van der Waals surface area contributed by atoms with E-state index in [0.717, 1.165) is 25.3 Å². The molecule has 1 aliphatic heterocycles. The highest BCUT2D eigenvalue weighted by Gasteiger charge is 2.21. The number of hydrogen-bond donors (Lipinski definition) is 2. The number of rotatable bonds is 8. The monoisotopic (exact) mass is 354 g/mol. The van der Waals surface area contributed by atoms with Gasteiger partial charge in [0.25, 0.3) is 0 Å². The second kappa shape index (κ2) is 11.3.